The first-order valence-electron chi connectivity index (χ1n) is 7.92. The second-order valence-corrected chi connectivity index (χ2v) is 6.29. The molecule has 3 rings (SSSR count). The molecule has 2 aromatic rings. The van der Waals surface area contributed by atoms with Gasteiger partial charge >= 0.3 is 0 Å². The summed E-state index contributed by atoms with van der Waals surface area (Å²) >= 11 is 0. The van der Waals surface area contributed by atoms with Crippen LogP contribution in [0.3, 0.4) is 0 Å². The zero-order valence-corrected chi connectivity index (χ0v) is 13.1. The molecule has 0 bridgehead atoms. The molecule has 1 aliphatic rings. The van der Waals surface area contributed by atoms with E-state index >= 15 is 0 Å². The van der Waals surface area contributed by atoms with E-state index in [1.807, 2.05) is 42.8 Å². The summed E-state index contributed by atoms with van der Waals surface area (Å²) in [5.74, 6) is 0.267. The molecule has 1 aliphatic carbocycles. The molecule has 118 valence electrons. The number of carbonyl (C=O) groups excluding carboxylic acids is 1. The van der Waals surface area contributed by atoms with Crippen LogP contribution in [0.1, 0.15) is 32.2 Å². The van der Waals surface area contributed by atoms with E-state index in [0.717, 1.165) is 30.3 Å². The van der Waals surface area contributed by atoms with Crippen LogP contribution in [-0.4, -0.2) is 45.2 Å². The Morgan fingerprint density at radius 3 is 2.95 bits per heavy atom. The van der Waals surface area contributed by atoms with Gasteiger partial charge in [0.2, 0.25) is 5.91 Å². The van der Waals surface area contributed by atoms with Gasteiger partial charge in [-0.25, -0.2) is 4.98 Å². The van der Waals surface area contributed by atoms with Crippen LogP contribution in [0.15, 0.2) is 30.6 Å². The van der Waals surface area contributed by atoms with Crippen LogP contribution in [-0.2, 0) is 4.79 Å². The summed E-state index contributed by atoms with van der Waals surface area (Å²) in [5, 5.41) is 9.93. The molecule has 0 aliphatic heterocycles. The highest BCUT2D eigenvalue weighted by Crippen LogP contribution is 2.27. The fraction of sp³-hybridized carbons (Fsp3) is 0.529. The Bertz CT molecular complexity index is 667. The largest absolute Gasteiger partial charge is 0.393 e. The molecule has 0 radical (unpaired) electrons. The summed E-state index contributed by atoms with van der Waals surface area (Å²) in [6.45, 7) is 2.52. The van der Waals surface area contributed by atoms with Gasteiger partial charge in [0.05, 0.1) is 23.5 Å². The molecular weight excluding hydrogens is 278 g/mol. The Morgan fingerprint density at radius 1 is 1.45 bits per heavy atom. The van der Waals surface area contributed by atoms with Gasteiger partial charge in [0, 0.05) is 19.5 Å². The molecule has 1 heterocycles. The highest BCUT2D eigenvalue weighted by molar-refractivity contribution is 5.83. The Balaban J connectivity index is 1.73. The monoisotopic (exact) mass is 301 g/mol. The number of amides is 1. The quantitative estimate of drug-likeness (QED) is 0.942. The van der Waals surface area contributed by atoms with Crippen molar-refractivity contribution in [2.45, 2.75) is 38.3 Å². The number of rotatable bonds is 4. The van der Waals surface area contributed by atoms with E-state index in [1.165, 1.54) is 0 Å². The van der Waals surface area contributed by atoms with E-state index in [4.69, 9.17) is 0 Å². The average Bonchev–Trinajstić information content (AvgIpc) is 3.12. The second-order valence-electron chi connectivity index (χ2n) is 6.29. The molecular formula is C17H23N3O2. The van der Waals surface area contributed by atoms with Crippen molar-refractivity contribution in [1.29, 1.82) is 0 Å². The molecule has 5 heteroatoms. The van der Waals surface area contributed by atoms with Crippen molar-refractivity contribution < 1.29 is 9.90 Å². The lowest BCUT2D eigenvalue weighted by Gasteiger charge is -2.26. The van der Waals surface area contributed by atoms with Gasteiger partial charge in [0.1, 0.15) is 6.04 Å². The normalized spacial score (nSPS) is 22.9. The molecule has 1 fully saturated rings. The van der Waals surface area contributed by atoms with Gasteiger partial charge in [-0.05, 0) is 31.9 Å². The summed E-state index contributed by atoms with van der Waals surface area (Å²) < 4.78 is 1.92. The maximum atomic E-state index is 12.7. The standard InChI is InChI=1S/C17H23N3O2/c1-12(20-11-18-14-7-3-4-8-15(14)20)17(22)19(2)10-13-6-5-9-16(13)21/h3-4,7-8,11-13,16,21H,5-6,9-10H2,1-2H3. The zero-order chi connectivity index (χ0) is 15.7. The third-order valence-corrected chi connectivity index (χ3v) is 4.76. The van der Waals surface area contributed by atoms with Gasteiger partial charge in [-0.1, -0.05) is 18.6 Å². The fourth-order valence-electron chi connectivity index (χ4n) is 3.40. The first kappa shape index (κ1) is 15.0. The van der Waals surface area contributed by atoms with E-state index in [0.29, 0.717) is 6.54 Å². The third kappa shape index (κ3) is 2.73. The Hall–Kier alpha value is -1.88. The minimum atomic E-state index is -0.295. The van der Waals surface area contributed by atoms with Gasteiger partial charge in [0.15, 0.2) is 0 Å². The average molecular weight is 301 g/mol. The number of nitrogens with zero attached hydrogens (tertiary/aromatic N) is 3. The van der Waals surface area contributed by atoms with Crippen LogP contribution in [0.5, 0.6) is 0 Å². The van der Waals surface area contributed by atoms with E-state index in [2.05, 4.69) is 4.98 Å². The summed E-state index contributed by atoms with van der Waals surface area (Å²) in [6, 6.07) is 7.53. The van der Waals surface area contributed by atoms with Crippen LogP contribution in [0.25, 0.3) is 11.0 Å². The van der Waals surface area contributed by atoms with Gasteiger partial charge < -0.3 is 14.6 Å². The first-order valence-corrected chi connectivity index (χ1v) is 7.92. The lowest BCUT2D eigenvalue weighted by Crippen LogP contribution is -2.38. The minimum absolute atomic E-state index is 0.0576. The molecule has 1 saturated carbocycles. The van der Waals surface area contributed by atoms with Crippen molar-refractivity contribution in [1.82, 2.24) is 14.5 Å². The van der Waals surface area contributed by atoms with Gasteiger partial charge in [0.25, 0.3) is 0 Å². The molecule has 1 N–H and O–H groups in total. The lowest BCUT2D eigenvalue weighted by molar-refractivity contribution is -0.133. The minimum Gasteiger partial charge on any atom is -0.393 e. The number of para-hydroxylation sites is 2. The number of hydrogen-bond donors (Lipinski definition) is 1. The van der Waals surface area contributed by atoms with E-state index < -0.39 is 0 Å². The van der Waals surface area contributed by atoms with E-state index in [1.54, 1.807) is 11.2 Å². The molecule has 0 spiro atoms. The number of fused-ring (bicyclic) bond motifs is 1. The summed E-state index contributed by atoms with van der Waals surface area (Å²) in [7, 11) is 1.82. The first-order chi connectivity index (χ1) is 10.6. The Morgan fingerprint density at radius 2 is 2.23 bits per heavy atom. The van der Waals surface area contributed by atoms with Crippen LogP contribution in [0.2, 0.25) is 0 Å². The topological polar surface area (TPSA) is 58.4 Å². The number of carbonyl (C=O) groups is 1. The van der Waals surface area contributed by atoms with Crippen molar-refractivity contribution in [3.8, 4) is 0 Å². The second kappa shape index (κ2) is 6.08. The highest BCUT2D eigenvalue weighted by atomic mass is 16.3. The number of hydrogen-bond acceptors (Lipinski definition) is 3. The highest BCUT2D eigenvalue weighted by Gasteiger charge is 2.29. The molecule has 1 aromatic heterocycles. The Labute approximate surface area is 130 Å². The maximum absolute atomic E-state index is 12.7. The molecule has 1 amide bonds. The van der Waals surface area contributed by atoms with Gasteiger partial charge in [-0.3, -0.25) is 4.79 Å². The van der Waals surface area contributed by atoms with Crippen LogP contribution in [0.4, 0.5) is 0 Å². The summed E-state index contributed by atoms with van der Waals surface area (Å²) in [5.41, 5.74) is 1.87. The van der Waals surface area contributed by atoms with Gasteiger partial charge in [-0.15, -0.1) is 0 Å². The third-order valence-electron chi connectivity index (χ3n) is 4.76. The molecule has 3 atom stereocenters. The van der Waals surface area contributed by atoms with Crippen LogP contribution < -0.4 is 0 Å². The van der Waals surface area contributed by atoms with Gasteiger partial charge in [-0.2, -0.15) is 0 Å². The van der Waals surface area contributed by atoms with Crippen molar-refractivity contribution in [2.24, 2.45) is 5.92 Å². The number of aromatic nitrogens is 2. The lowest BCUT2D eigenvalue weighted by atomic mass is 10.1. The van der Waals surface area contributed by atoms with Crippen LogP contribution in [0, 0.1) is 5.92 Å². The van der Waals surface area contributed by atoms with E-state index in [9.17, 15) is 9.90 Å². The van der Waals surface area contributed by atoms with Crippen LogP contribution >= 0.6 is 0 Å². The molecule has 3 unspecified atom stereocenters. The van der Waals surface area contributed by atoms with Crippen molar-refractivity contribution in [2.75, 3.05) is 13.6 Å². The number of likely N-dealkylation sites (N-methyl/N-ethyl adjacent to an activating group) is 1. The Kier molecular flexibility index (Phi) is 4.16. The number of aliphatic hydroxyl groups excluding tert-OH is 1. The predicted molar refractivity (Wildman–Crippen MR) is 85.4 cm³/mol. The summed E-state index contributed by atoms with van der Waals surface area (Å²) in [4.78, 5) is 18.8. The number of imidazole rings is 1. The summed E-state index contributed by atoms with van der Waals surface area (Å²) in [6.07, 6.45) is 4.37. The van der Waals surface area contributed by atoms with Crippen molar-refractivity contribution in [3.05, 3.63) is 30.6 Å². The maximum Gasteiger partial charge on any atom is 0.245 e. The van der Waals surface area contributed by atoms with Crippen molar-refractivity contribution >= 4 is 16.9 Å². The zero-order valence-electron chi connectivity index (χ0n) is 13.1. The molecule has 0 saturated heterocycles. The predicted octanol–water partition coefficient (Wildman–Crippen LogP) is 2.22. The molecule has 1 aromatic carbocycles. The van der Waals surface area contributed by atoms with E-state index in [-0.39, 0.29) is 24.0 Å². The molecule has 22 heavy (non-hydrogen) atoms. The molecule has 5 nitrogen and oxygen atoms in total. The fourth-order valence-corrected chi connectivity index (χ4v) is 3.40. The number of aliphatic hydroxyl groups is 1. The smallest absolute Gasteiger partial charge is 0.245 e. The van der Waals surface area contributed by atoms with Crippen molar-refractivity contribution in [3.63, 3.8) is 0 Å². The SMILES string of the molecule is CC(C(=O)N(C)CC1CCCC1O)n1cnc2ccccc21. The number of benzene rings is 1.